The molecule has 9 heteroatoms. The van der Waals surface area contributed by atoms with E-state index < -0.39 is 14.9 Å². The zero-order chi connectivity index (χ0) is 13.2. The van der Waals surface area contributed by atoms with Crippen molar-refractivity contribution in [3.8, 4) is 0 Å². The van der Waals surface area contributed by atoms with E-state index in [-0.39, 0.29) is 23.8 Å². The molecule has 1 aromatic rings. The van der Waals surface area contributed by atoms with Gasteiger partial charge in [-0.2, -0.15) is 4.31 Å². The van der Waals surface area contributed by atoms with Gasteiger partial charge in [0.25, 0.3) is 0 Å². The van der Waals surface area contributed by atoms with E-state index in [2.05, 4.69) is 4.98 Å². The van der Waals surface area contributed by atoms with Crippen LogP contribution in [0.15, 0.2) is 23.2 Å². The molecular formula is C9H11N3O5S. The quantitative estimate of drug-likeness (QED) is 0.567. The molecule has 0 aliphatic carbocycles. The molecule has 0 amide bonds. The van der Waals surface area contributed by atoms with Crippen LogP contribution in [0, 0.1) is 10.1 Å². The van der Waals surface area contributed by atoms with Gasteiger partial charge in [-0.05, 0) is 16.0 Å². The van der Waals surface area contributed by atoms with Crippen molar-refractivity contribution in [2.45, 2.75) is 4.90 Å². The Labute approximate surface area is 103 Å². The predicted molar refractivity (Wildman–Crippen MR) is 60.5 cm³/mol. The standard InChI is InChI=1S/C9H11N3O5S/c13-12(14)9-2-1-8(7-10-9)18(15,16)11-3-5-17-6-4-11/h1-2,7H,3-6H2. The number of rotatable bonds is 3. The Morgan fingerprint density at radius 2 is 2.00 bits per heavy atom. The van der Waals surface area contributed by atoms with Gasteiger partial charge < -0.3 is 14.9 Å². The summed E-state index contributed by atoms with van der Waals surface area (Å²) in [4.78, 5) is 13.2. The molecule has 0 aromatic carbocycles. The average Bonchev–Trinajstić information content (AvgIpc) is 2.40. The van der Waals surface area contributed by atoms with E-state index in [1.807, 2.05) is 0 Å². The Kier molecular flexibility index (Phi) is 3.55. The molecule has 1 aromatic heterocycles. The highest BCUT2D eigenvalue weighted by atomic mass is 32.2. The van der Waals surface area contributed by atoms with E-state index in [1.54, 1.807) is 0 Å². The van der Waals surface area contributed by atoms with E-state index in [1.165, 1.54) is 10.4 Å². The summed E-state index contributed by atoms with van der Waals surface area (Å²) in [6.07, 6.45) is 1.00. The van der Waals surface area contributed by atoms with Crippen LogP contribution in [-0.4, -0.2) is 48.9 Å². The average molecular weight is 273 g/mol. The first-order chi connectivity index (χ1) is 8.51. The molecule has 0 unspecified atom stereocenters. The molecule has 1 fully saturated rings. The van der Waals surface area contributed by atoms with E-state index in [0.717, 1.165) is 12.3 Å². The van der Waals surface area contributed by atoms with Gasteiger partial charge in [0.2, 0.25) is 10.0 Å². The van der Waals surface area contributed by atoms with Gasteiger partial charge in [0.05, 0.1) is 13.2 Å². The Morgan fingerprint density at radius 3 is 2.50 bits per heavy atom. The van der Waals surface area contributed by atoms with Crippen LogP contribution in [0.5, 0.6) is 0 Å². The maximum atomic E-state index is 12.1. The molecule has 0 bridgehead atoms. The van der Waals surface area contributed by atoms with Crippen LogP contribution < -0.4 is 0 Å². The highest BCUT2D eigenvalue weighted by molar-refractivity contribution is 7.89. The third kappa shape index (κ3) is 2.47. The second kappa shape index (κ2) is 4.96. The topological polar surface area (TPSA) is 103 Å². The zero-order valence-corrected chi connectivity index (χ0v) is 10.2. The Morgan fingerprint density at radius 1 is 1.33 bits per heavy atom. The largest absolute Gasteiger partial charge is 0.379 e. The lowest BCUT2D eigenvalue weighted by Gasteiger charge is -2.25. The highest BCUT2D eigenvalue weighted by Crippen LogP contribution is 2.17. The molecule has 0 N–H and O–H groups in total. The molecular weight excluding hydrogens is 262 g/mol. The maximum Gasteiger partial charge on any atom is 0.363 e. The molecule has 1 aliphatic heterocycles. The van der Waals surface area contributed by atoms with Crippen LogP contribution in [0.4, 0.5) is 5.82 Å². The number of ether oxygens (including phenoxy) is 1. The lowest BCUT2D eigenvalue weighted by Crippen LogP contribution is -2.40. The third-order valence-corrected chi connectivity index (χ3v) is 4.40. The summed E-state index contributed by atoms with van der Waals surface area (Å²) >= 11 is 0. The first-order valence-corrected chi connectivity index (χ1v) is 6.64. The van der Waals surface area contributed by atoms with Gasteiger partial charge in [-0.25, -0.2) is 8.42 Å². The smallest absolute Gasteiger partial charge is 0.363 e. The molecule has 0 radical (unpaired) electrons. The summed E-state index contributed by atoms with van der Waals surface area (Å²) in [6, 6.07) is 2.27. The van der Waals surface area contributed by atoms with Crippen LogP contribution in [-0.2, 0) is 14.8 Å². The van der Waals surface area contributed by atoms with Crippen molar-refractivity contribution in [1.29, 1.82) is 0 Å². The van der Waals surface area contributed by atoms with Crippen molar-refractivity contribution in [2.24, 2.45) is 0 Å². The minimum Gasteiger partial charge on any atom is -0.379 e. The summed E-state index contributed by atoms with van der Waals surface area (Å²) in [5.74, 6) is -0.379. The SMILES string of the molecule is O=[N+]([O-])c1ccc(S(=O)(=O)N2CCOCC2)cn1. The van der Waals surface area contributed by atoms with Gasteiger partial charge in [0, 0.05) is 19.2 Å². The number of hydrogen-bond donors (Lipinski definition) is 0. The van der Waals surface area contributed by atoms with Crippen molar-refractivity contribution < 1.29 is 18.1 Å². The summed E-state index contributed by atoms with van der Waals surface area (Å²) in [6.45, 7) is 1.25. The first-order valence-electron chi connectivity index (χ1n) is 5.20. The molecule has 1 aliphatic rings. The molecule has 18 heavy (non-hydrogen) atoms. The van der Waals surface area contributed by atoms with E-state index >= 15 is 0 Å². The molecule has 1 saturated heterocycles. The molecule has 8 nitrogen and oxygen atoms in total. The molecule has 0 spiro atoms. The summed E-state index contributed by atoms with van der Waals surface area (Å²) in [5, 5.41) is 10.4. The van der Waals surface area contributed by atoms with E-state index in [4.69, 9.17) is 4.74 Å². The lowest BCUT2D eigenvalue weighted by atomic mass is 10.5. The second-order valence-electron chi connectivity index (χ2n) is 3.63. The van der Waals surface area contributed by atoms with Crippen molar-refractivity contribution in [1.82, 2.24) is 9.29 Å². The fraction of sp³-hybridized carbons (Fsp3) is 0.444. The zero-order valence-electron chi connectivity index (χ0n) is 9.35. The molecule has 0 saturated carbocycles. The Balaban J connectivity index is 2.26. The minimum atomic E-state index is -3.64. The number of aromatic nitrogens is 1. The molecule has 98 valence electrons. The van der Waals surface area contributed by atoms with E-state index in [9.17, 15) is 18.5 Å². The molecule has 2 heterocycles. The van der Waals surface area contributed by atoms with Crippen LogP contribution in [0.25, 0.3) is 0 Å². The highest BCUT2D eigenvalue weighted by Gasteiger charge is 2.27. The predicted octanol–water partition coefficient (Wildman–Crippen LogP) is 0.0107. The summed E-state index contributed by atoms with van der Waals surface area (Å²) < 4.78 is 30.6. The van der Waals surface area contributed by atoms with E-state index in [0.29, 0.717) is 13.2 Å². The Bertz CT molecular complexity index is 536. The summed E-state index contributed by atoms with van der Waals surface area (Å²) in [7, 11) is -3.64. The fourth-order valence-corrected chi connectivity index (χ4v) is 2.92. The van der Waals surface area contributed by atoms with Gasteiger partial charge in [-0.3, -0.25) is 0 Å². The van der Waals surface area contributed by atoms with Crippen molar-refractivity contribution in [3.05, 3.63) is 28.4 Å². The number of hydrogen-bond acceptors (Lipinski definition) is 6. The van der Waals surface area contributed by atoms with Crippen molar-refractivity contribution in [3.63, 3.8) is 0 Å². The Hall–Kier alpha value is -1.58. The third-order valence-electron chi connectivity index (χ3n) is 2.52. The van der Waals surface area contributed by atoms with Gasteiger partial charge in [-0.1, -0.05) is 0 Å². The first kappa shape index (κ1) is 12.9. The van der Waals surface area contributed by atoms with Gasteiger partial charge in [0.1, 0.15) is 4.90 Å². The number of nitro groups is 1. The van der Waals surface area contributed by atoms with Gasteiger partial charge >= 0.3 is 5.82 Å². The lowest BCUT2D eigenvalue weighted by molar-refractivity contribution is -0.389. The minimum absolute atomic E-state index is 0.0463. The fourth-order valence-electron chi connectivity index (χ4n) is 1.57. The monoisotopic (exact) mass is 273 g/mol. The second-order valence-corrected chi connectivity index (χ2v) is 5.56. The molecule has 0 atom stereocenters. The number of nitrogens with zero attached hydrogens (tertiary/aromatic N) is 3. The van der Waals surface area contributed by atoms with Crippen LogP contribution in [0.2, 0.25) is 0 Å². The summed E-state index contributed by atoms with van der Waals surface area (Å²) in [5.41, 5.74) is 0. The van der Waals surface area contributed by atoms with Crippen LogP contribution in [0.1, 0.15) is 0 Å². The maximum absolute atomic E-state index is 12.1. The normalized spacial score (nSPS) is 17.6. The molecule has 2 rings (SSSR count). The van der Waals surface area contributed by atoms with Crippen LogP contribution in [0.3, 0.4) is 0 Å². The van der Waals surface area contributed by atoms with Crippen LogP contribution >= 0.6 is 0 Å². The van der Waals surface area contributed by atoms with Crippen molar-refractivity contribution in [2.75, 3.05) is 26.3 Å². The number of morpholine rings is 1. The van der Waals surface area contributed by atoms with Crippen molar-refractivity contribution >= 4 is 15.8 Å². The van der Waals surface area contributed by atoms with Gasteiger partial charge in [-0.15, -0.1) is 0 Å². The van der Waals surface area contributed by atoms with Gasteiger partial charge in [0.15, 0.2) is 6.20 Å². The number of sulfonamides is 1. The number of pyridine rings is 1.